The number of hydrogen-bond donors (Lipinski definition) is 1. The number of ketones is 1. The van der Waals surface area contributed by atoms with Gasteiger partial charge < -0.3 is 10.5 Å². The van der Waals surface area contributed by atoms with E-state index in [1.807, 2.05) is 12.1 Å². The van der Waals surface area contributed by atoms with Crippen molar-refractivity contribution in [1.82, 2.24) is 4.98 Å². The summed E-state index contributed by atoms with van der Waals surface area (Å²) in [5.74, 6) is 0.388. The molecule has 1 atom stereocenters. The van der Waals surface area contributed by atoms with E-state index in [4.69, 9.17) is 22.1 Å². The molecule has 0 amide bonds. The minimum Gasteiger partial charge on any atom is -0.482 e. The Morgan fingerprint density at radius 2 is 2.26 bits per heavy atom. The molecule has 1 aliphatic heterocycles. The first-order valence-corrected chi connectivity index (χ1v) is 6.22. The summed E-state index contributed by atoms with van der Waals surface area (Å²) in [4.78, 5) is 16.2. The van der Waals surface area contributed by atoms with E-state index in [9.17, 15) is 4.79 Å². The van der Waals surface area contributed by atoms with Crippen LogP contribution in [0.25, 0.3) is 0 Å². The average molecular weight is 275 g/mol. The largest absolute Gasteiger partial charge is 0.482 e. The highest BCUT2D eigenvalue weighted by Crippen LogP contribution is 2.40. The van der Waals surface area contributed by atoms with Gasteiger partial charge in [0.05, 0.1) is 17.7 Å². The third-order valence-corrected chi connectivity index (χ3v) is 3.29. The van der Waals surface area contributed by atoms with E-state index >= 15 is 0 Å². The van der Waals surface area contributed by atoms with Crippen molar-refractivity contribution in [1.29, 1.82) is 0 Å². The van der Waals surface area contributed by atoms with Gasteiger partial charge in [-0.25, -0.2) is 0 Å². The Morgan fingerprint density at radius 1 is 1.42 bits per heavy atom. The second kappa shape index (κ2) is 4.55. The van der Waals surface area contributed by atoms with Gasteiger partial charge in [-0.05, 0) is 18.2 Å². The first-order valence-electron chi connectivity index (χ1n) is 5.84. The second-order valence-electron chi connectivity index (χ2n) is 4.39. The van der Waals surface area contributed by atoms with Gasteiger partial charge in [-0.2, -0.15) is 0 Å². The van der Waals surface area contributed by atoms with Gasteiger partial charge in [0.2, 0.25) is 0 Å². The SMILES string of the molecule is Nc1cc(Cl)cc2c1OC(c1cccnc1)CC2=O. The Bertz CT molecular complexity index is 643. The maximum absolute atomic E-state index is 12.2. The lowest BCUT2D eigenvalue weighted by atomic mass is 9.96. The van der Waals surface area contributed by atoms with Crippen LogP contribution < -0.4 is 10.5 Å². The molecule has 2 aromatic rings. The van der Waals surface area contributed by atoms with Gasteiger partial charge in [-0.15, -0.1) is 0 Å². The number of carbonyl (C=O) groups excluding carboxylic acids is 1. The summed E-state index contributed by atoms with van der Waals surface area (Å²) in [5.41, 5.74) is 7.55. The van der Waals surface area contributed by atoms with Gasteiger partial charge >= 0.3 is 0 Å². The first-order chi connectivity index (χ1) is 9.15. The molecule has 19 heavy (non-hydrogen) atoms. The van der Waals surface area contributed by atoms with Crippen LogP contribution in [-0.4, -0.2) is 10.8 Å². The average Bonchev–Trinajstić information content (AvgIpc) is 2.41. The lowest BCUT2D eigenvalue weighted by molar-refractivity contribution is 0.0851. The maximum Gasteiger partial charge on any atom is 0.170 e. The molecule has 5 heteroatoms. The van der Waals surface area contributed by atoms with Gasteiger partial charge in [0.15, 0.2) is 11.5 Å². The minimum absolute atomic E-state index is 0.0238. The van der Waals surface area contributed by atoms with E-state index in [2.05, 4.69) is 4.98 Å². The molecule has 0 aliphatic carbocycles. The fourth-order valence-electron chi connectivity index (χ4n) is 2.17. The van der Waals surface area contributed by atoms with E-state index in [0.717, 1.165) is 5.56 Å². The fraction of sp³-hybridized carbons (Fsp3) is 0.143. The minimum atomic E-state index is -0.350. The highest BCUT2D eigenvalue weighted by atomic mass is 35.5. The van der Waals surface area contributed by atoms with Crippen molar-refractivity contribution in [2.24, 2.45) is 0 Å². The number of Topliss-reactive ketones (excluding diaryl/α,β-unsaturated/α-hetero) is 1. The summed E-state index contributed by atoms with van der Waals surface area (Å²) in [6.45, 7) is 0. The zero-order chi connectivity index (χ0) is 13.4. The van der Waals surface area contributed by atoms with Crippen LogP contribution in [0.4, 0.5) is 5.69 Å². The van der Waals surface area contributed by atoms with Crippen molar-refractivity contribution < 1.29 is 9.53 Å². The number of carbonyl (C=O) groups is 1. The van der Waals surface area contributed by atoms with Gasteiger partial charge in [0.1, 0.15) is 6.10 Å². The number of nitrogens with zero attached hydrogens (tertiary/aromatic N) is 1. The molecule has 2 N–H and O–H groups in total. The van der Waals surface area contributed by atoms with Crippen molar-refractivity contribution in [2.75, 3.05) is 5.73 Å². The molecule has 1 unspecified atom stereocenters. The molecule has 1 aromatic carbocycles. The Labute approximate surface area is 115 Å². The molecule has 96 valence electrons. The van der Waals surface area contributed by atoms with Gasteiger partial charge in [-0.1, -0.05) is 17.7 Å². The summed E-state index contributed by atoms with van der Waals surface area (Å²) < 4.78 is 5.83. The van der Waals surface area contributed by atoms with Crippen LogP contribution in [0.5, 0.6) is 5.75 Å². The van der Waals surface area contributed by atoms with Crippen LogP contribution in [0.1, 0.15) is 28.4 Å². The number of anilines is 1. The number of halogens is 1. The quantitative estimate of drug-likeness (QED) is 0.812. The molecular weight excluding hydrogens is 264 g/mol. The summed E-state index contributed by atoms with van der Waals surface area (Å²) in [7, 11) is 0. The van der Waals surface area contributed by atoms with Crippen LogP contribution in [0.15, 0.2) is 36.7 Å². The Morgan fingerprint density at radius 3 is 3.00 bits per heavy atom. The van der Waals surface area contributed by atoms with Gasteiger partial charge in [-0.3, -0.25) is 9.78 Å². The van der Waals surface area contributed by atoms with Crippen LogP contribution in [0, 0.1) is 0 Å². The predicted octanol–water partition coefficient (Wildman–Crippen LogP) is 3.02. The lowest BCUT2D eigenvalue weighted by Crippen LogP contribution is -2.21. The zero-order valence-corrected chi connectivity index (χ0v) is 10.7. The molecule has 0 saturated carbocycles. The smallest absolute Gasteiger partial charge is 0.170 e. The van der Waals surface area contributed by atoms with E-state index in [1.165, 1.54) is 0 Å². The maximum atomic E-state index is 12.2. The van der Waals surface area contributed by atoms with Crippen LogP contribution >= 0.6 is 11.6 Å². The molecule has 4 nitrogen and oxygen atoms in total. The molecule has 0 spiro atoms. The number of nitrogen functional groups attached to an aromatic ring is 1. The number of nitrogens with two attached hydrogens (primary N) is 1. The standard InChI is InChI=1S/C14H11ClN2O2/c15-9-4-10-12(18)6-13(8-2-1-3-17-7-8)19-14(10)11(16)5-9/h1-5,7,13H,6,16H2. The molecular formula is C14H11ClN2O2. The Hall–Kier alpha value is -2.07. The van der Waals surface area contributed by atoms with Crippen LogP contribution in [0.3, 0.4) is 0 Å². The van der Waals surface area contributed by atoms with Crippen molar-refractivity contribution in [2.45, 2.75) is 12.5 Å². The van der Waals surface area contributed by atoms with Gasteiger partial charge in [0, 0.05) is 23.0 Å². The molecule has 1 aliphatic rings. The normalized spacial score (nSPS) is 17.7. The monoisotopic (exact) mass is 274 g/mol. The molecule has 0 saturated heterocycles. The zero-order valence-electron chi connectivity index (χ0n) is 9.97. The highest BCUT2D eigenvalue weighted by molar-refractivity contribution is 6.31. The third-order valence-electron chi connectivity index (χ3n) is 3.07. The molecule has 0 bridgehead atoms. The molecule has 0 radical (unpaired) electrons. The molecule has 2 heterocycles. The van der Waals surface area contributed by atoms with Crippen molar-refractivity contribution in [3.63, 3.8) is 0 Å². The van der Waals surface area contributed by atoms with Crippen molar-refractivity contribution >= 4 is 23.1 Å². The lowest BCUT2D eigenvalue weighted by Gasteiger charge is -2.26. The number of rotatable bonds is 1. The van der Waals surface area contributed by atoms with Gasteiger partial charge in [0.25, 0.3) is 0 Å². The van der Waals surface area contributed by atoms with Crippen molar-refractivity contribution in [3.8, 4) is 5.75 Å². The molecule has 3 rings (SSSR count). The summed E-state index contributed by atoms with van der Waals surface area (Å²) in [6, 6.07) is 6.86. The number of benzene rings is 1. The summed E-state index contributed by atoms with van der Waals surface area (Å²) in [5, 5.41) is 0.438. The first kappa shape index (κ1) is 12.0. The predicted molar refractivity (Wildman–Crippen MR) is 72.4 cm³/mol. The number of pyridine rings is 1. The summed E-state index contributed by atoms with van der Waals surface area (Å²) >= 11 is 5.90. The topological polar surface area (TPSA) is 65.2 Å². The van der Waals surface area contributed by atoms with E-state index in [-0.39, 0.29) is 18.3 Å². The third kappa shape index (κ3) is 2.15. The van der Waals surface area contributed by atoms with E-state index < -0.39 is 0 Å². The Balaban J connectivity index is 2.03. The summed E-state index contributed by atoms with van der Waals surface area (Å²) in [6.07, 6.45) is 3.28. The van der Waals surface area contributed by atoms with Crippen molar-refractivity contribution in [3.05, 3.63) is 52.8 Å². The van der Waals surface area contributed by atoms with Crippen LogP contribution in [0.2, 0.25) is 5.02 Å². The number of hydrogen-bond acceptors (Lipinski definition) is 4. The number of aromatic nitrogens is 1. The number of fused-ring (bicyclic) bond motifs is 1. The number of ether oxygens (including phenoxy) is 1. The Kier molecular flexibility index (Phi) is 2.87. The molecule has 0 fully saturated rings. The van der Waals surface area contributed by atoms with E-state index in [0.29, 0.717) is 22.0 Å². The highest BCUT2D eigenvalue weighted by Gasteiger charge is 2.29. The molecule has 1 aromatic heterocycles. The van der Waals surface area contributed by atoms with Crippen LogP contribution in [-0.2, 0) is 0 Å². The fourth-order valence-corrected chi connectivity index (χ4v) is 2.39. The van der Waals surface area contributed by atoms with E-state index in [1.54, 1.807) is 24.5 Å². The second-order valence-corrected chi connectivity index (χ2v) is 4.83.